The fourth-order valence-electron chi connectivity index (χ4n) is 2.77. The van der Waals surface area contributed by atoms with Crippen LogP contribution in [0.1, 0.15) is 16.8 Å². The molecule has 0 unspecified atom stereocenters. The minimum atomic E-state index is -0.355. The van der Waals surface area contributed by atoms with Crippen molar-refractivity contribution in [3.05, 3.63) is 59.9 Å². The van der Waals surface area contributed by atoms with Crippen molar-refractivity contribution in [2.45, 2.75) is 12.5 Å². The van der Waals surface area contributed by atoms with Crippen LogP contribution in [0.4, 0.5) is 10.1 Å². The highest BCUT2D eigenvalue weighted by molar-refractivity contribution is 6.00. The van der Waals surface area contributed by atoms with Gasteiger partial charge < -0.3 is 15.0 Å². The minimum absolute atomic E-state index is 0.105. The van der Waals surface area contributed by atoms with Gasteiger partial charge in [0, 0.05) is 18.7 Å². The molecular weight excluding hydrogens is 311 g/mol. The fourth-order valence-corrected chi connectivity index (χ4v) is 2.77. The number of hydrogen-bond donors (Lipinski definition) is 1. The Morgan fingerprint density at radius 3 is 2.62 bits per heavy atom. The SMILES string of the molecule is COc1ccccc1C(=O)N[C@@H]1CC(=O)N(c2ccc(F)cc2)C1. The Bertz CT molecular complexity index is 761. The highest BCUT2D eigenvalue weighted by atomic mass is 19.1. The fraction of sp³-hybridized carbons (Fsp3) is 0.222. The summed E-state index contributed by atoms with van der Waals surface area (Å²) in [6.45, 7) is 0.353. The molecule has 1 heterocycles. The average molecular weight is 328 g/mol. The number of nitrogens with zero attached hydrogens (tertiary/aromatic N) is 1. The molecule has 1 fully saturated rings. The third kappa shape index (κ3) is 3.22. The first-order valence-corrected chi connectivity index (χ1v) is 7.58. The van der Waals surface area contributed by atoms with Crippen molar-refractivity contribution in [2.75, 3.05) is 18.6 Å². The lowest BCUT2D eigenvalue weighted by molar-refractivity contribution is -0.117. The average Bonchev–Trinajstić information content (AvgIpc) is 2.95. The summed E-state index contributed by atoms with van der Waals surface area (Å²) in [6.07, 6.45) is 0.207. The molecule has 124 valence electrons. The second-order valence-electron chi connectivity index (χ2n) is 5.56. The first kappa shape index (κ1) is 16.0. The smallest absolute Gasteiger partial charge is 0.255 e. The summed E-state index contributed by atoms with van der Waals surface area (Å²) in [7, 11) is 1.50. The lowest BCUT2D eigenvalue weighted by atomic mass is 10.1. The molecule has 1 aliphatic rings. The molecule has 2 amide bonds. The number of hydrogen-bond acceptors (Lipinski definition) is 3. The van der Waals surface area contributed by atoms with Crippen LogP contribution in [0.15, 0.2) is 48.5 Å². The highest BCUT2D eigenvalue weighted by Gasteiger charge is 2.32. The van der Waals surface area contributed by atoms with Crippen LogP contribution in [-0.4, -0.2) is 31.5 Å². The molecule has 6 heteroatoms. The van der Waals surface area contributed by atoms with Crippen LogP contribution < -0.4 is 15.0 Å². The molecule has 1 atom stereocenters. The molecule has 3 rings (SSSR count). The van der Waals surface area contributed by atoms with Crippen LogP contribution in [0.25, 0.3) is 0 Å². The number of amides is 2. The quantitative estimate of drug-likeness (QED) is 0.937. The summed E-state index contributed by atoms with van der Waals surface area (Å²) in [5.74, 6) is -0.265. The third-order valence-electron chi connectivity index (χ3n) is 3.95. The Balaban J connectivity index is 1.70. The first-order valence-electron chi connectivity index (χ1n) is 7.58. The van der Waals surface area contributed by atoms with E-state index in [0.717, 1.165) is 0 Å². The highest BCUT2D eigenvalue weighted by Crippen LogP contribution is 2.23. The summed E-state index contributed by atoms with van der Waals surface area (Å²) in [5.41, 5.74) is 1.04. The van der Waals surface area contributed by atoms with E-state index >= 15 is 0 Å². The molecule has 24 heavy (non-hydrogen) atoms. The Labute approximate surface area is 139 Å². The molecule has 1 N–H and O–H groups in total. The predicted molar refractivity (Wildman–Crippen MR) is 87.6 cm³/mol. The van der Waals surface area contributed by atoms with Crippen LogP contribution in [-0.2, 0) is 4.79 Å². The summed E-state index contributed by atoms with van der Waals surface area (Å²) in [5, 5.41) is 2.86. The lowest BCUT2D eigenvalue weighted by Crippen LogP contribution is -2.37. The summed E-state index contributed by atoms with van der Waals surface area (Å²) in [6, 6.07) is 12.3. The zero-order valence-corrected chi connectivity index (χ0v) is 13.2. The maximum absolute atomic E-state index is 13.0. The second kappa shape index (κ2) is 6.70. The first-order chi connectivity index (χ1) is 11.6. The number of carbonyl (C=O) groups is 2. The number of carbonyl (C=O) groups excluding carboxylic acids is 2. The largest absolute Gasteiger partial charge is 0.496 e. The Hall–Kier alpha value is -2.89. The summed E-state index contributed by atoms with van der Waals surface area (Å²) < 4.78 is 18.2. The molecule has 0 aliphatic carbocycles. The van der Waals surface area contributed by atoms with E-state index in [4.69, 9.17) is 4.74 Å². The van der Waals surface area contributed by atoms with E-state index in [1.54, 1.807) is 41.3 Å². The molecule has 0 spiro atoms. The van der Waals surface area contributed by atoms with Gasteiger partial charge >= 0.3 is 0 Å². The van der Waals surface area contributed by atoms with E-state index in [1.807, 2.05) is 0 Å². The zero-order valence-electron chi connectivity index (χ0n) is 13.2. The number of para-hydroxylation sites is 1. The number of anilines is 1. The molecule has 1 aliphatic heterocycles. The molecule has 2 aromatic carbocycles. The van der Waals surface area contributed by atoms with Crippen LogP contribution >= 0.6 is 0 Å². The van der Waals surface area contributed by atoms with Crippen LogP contribution in [0.5, 0.6) is 5.75 Å². The van der Waals surface area contributed by atoms with Crippen molar-refractivity contribution in [3.8, 4) is 5.75 Å². The number of halogens is 1. The van der Waals surface area contributed by atoms with Crippen molar-refractivity contribution in [1.82, 2.24) is 5.32 Å². The van der Waals surface area contributed by atoms with E-state index in [2.05, 4.69) is 5.32 Å². The van der Waals surface area contributed by atoms with Crippen molar-refractivity contribution < 1.29 is 18.7 Å². The van der Waals surface area contributed by atoms with Gasteiger partial charge in [0.1, 0.15) is 11.6 Å². The van der Waals surface area contributed by atoms with Crippen molar-refractivity contribution in [3.63, 3.8) is 0 Å². The Morgan fingerprint density at radius 1 is 1.21 bits per heavy atom. The van der Waals surface area contributed by atoms with E-state index in [0.29, 0.717) is 23.5 Å². The number of benzene rings is 2. The van der Waals surface area contributed by atoms with Gasteiger partial charge in [-0.1, -0.05) is 12.1 Å². The van der Waals surface area contributed by atoms with Gasteiger partial charge in [-0.25, -0.2) is 4.39 Å². The Kier molecular flexibility index (Phi) is 4.46. The lowest BCUT2D eigenvalue weighted by Gasteiger charge is -2.17. The number of methoxy groups -OCH3 is 1. The van der Waals surface area contributed by atoms with E-state index < -0.39 is 0 Å². The van der Waals surface area contributed by atoms with Crippen molar-refractivity contribution in [2.24, 2.45) is 0 Å². The van der Waals surface area contributed by atoms with Gasteiger partial charge in [0.2, 0.25) is 5.91 Å². The van der Waals surface area contributed by atoms with Crippen molar-refractivity contribution in [1.29, 1.82) is 0 Å². The maximum atomic E-state index is 13.0. The van der Waals surface area contributed by atoms with E-state index in [9.17, 15) is 14.0 Å². The molecule has 0 bridgehead atoms. The van der Waals surface area contributed by atoms with Gasteiger partial charge in [-0.3, -0.25) is 9.59 Å². The standard InChI is InChI=1S/C18H17FN2O3/c1-24-16-5-3-2-4-15(16)18(23)20-13-10-17(22)21(11-13)14-8-6-12(19)7-9-14/h2-9,13H,10-11H2,1H3,(H,20,23)/t13-/m1/s1. The maximum Gasteiger partial charge on any atom is 0.255 e. The van der Waals surface area contributed by atoms with Gasteiger partial charge in [-0.2, -0.15) is 0 Å². The van der Waals surface area contributed by atoms with Gasteiger partial charge in [-0.15, -0.1) is 0 Å². The second-order valence-corrected chi connectivity index (χ2v) is 5.56. The monoisotopic (exact) mass is 328 g/mol. The van der Waals surface area contributed by atoms with E-state index in [-0.39, 0.29) is 30.1 Å². The number of ether oxygens (including phenoxy) is 1. The van der Waals surface area contributed by atoms with Crippen LogP contribution in [0.2, 0.25) is 0 Å². The van der Waals surface area contributed by atoms with Gasteiger partial charge in [0.15, 0.2) is 0 Å². The molecule has 0 aromatic heterocycles. The topological polar surface area (TPSA) is 58.6 Å². The van der Waals surface area contributed by atoms with Crippen LogP contribution in [0.3, 0.4) is 0 Å². The molecule has 2 aromatic rings. The van der Waals surface area contributed by atoms with Gasteiger partial charge in [0.05, 0.1) is 18.7 Å². The van der Waals surface area contributed by atoms with Crippen LogP contribution in [0, 0.1) is 5.82 Å². The summed E-state index contributed by atoms with van der Waals surface area (Å²) >= 11 is 0. The predicted octanol–water partition coefficient (Wildman–Crippen LogP) is 2.37. The third-order valence-corrected chi connectivity index (χ3v) is 3.95. The zero-order chi connectivity index (χ0) is 17.1. The molecular formula is C18H17FN2O3. The normalized spacial score (nSPS) is 17.0. The molecule has 0 radical (unpaired) electrons. The number of nitrogens with one attached hydrogen (secondary N) is 1. The summed E-state index contributed by atoms with van der Waals surface area (Å²) in [4.78, 5) is 26.1. The number of rotatable bonds is 4. The molecule has 0 saturated carbocycles. The van der Waals surface area contributed by atoms with E-state index in [1.165, 1.54) is 19.2 Å². The van der Waals surface area contributed by atoms with Gasteiger partial charge in [-0.05, 0) is 36.4 Å². The molecule has 1 saturated heterocycles. The Morgan fingerprint density at radius 2 is 1.92 bits per heavy atom. The minimum Gasteiger partial charge on any atom is -0.496 e. The molecule has 5 nitrogen and oxygen atoms in total. The van der Waals surface area contributed by atoms with Crippen molar-refractivity contribution >= 4 is 17.5 Å². The van der Waals surface area contributed by atoms with Gasteiger partial charge in [0.25, 0.3) is 5.91 Å².